The number of hydrogen-bond donors (Lipinski definition) is 4. The van der Waals surface area contributed by atoms with Gasteiger partial charge in [0, 0.05) is 0 Å². The van der Waals surface area contributed by atoms with Crippen LogP contribution < -0.4 is 11.1 Å². The Kier molecular flexibility index (Phi) is 3.29. The summed E-state index contributed by atoms with van der Waals surface area (Å²) in [5, 5.41) is 10.7. The van der Waals surface area contributed by atoms with Gasteiger partial charge in [0.25, 0.3) is 0 Å². The first-order valence-electron chi connectivity index (χ1n) is 5.23. The summed E-state index contributed by atoms with van der Waals surface area (Å²) in [6.45, 7) is 0. The summed E-state index contributed by atoms with van der Waals surface area (Å²) in [5.74, 6) is 0.778. The number of carboxylic acid groups (broad SMARTS) is 1. The van der Waals surface area contributed by atoms with Gasteiger partial charge in [0.1, 0.15) is 11.6 Å². The molecule has 6 nitrogen and oxygen atoms in total. The van der Waals surface area contributed by atoms with Gasteiger partial charge in [0.2, 0.25) is 0 Å². The monoisotopic (exact) mass is 244 g/mol. The van der Waals surface area contributed by atoms with Gasteiger partial charge < -0.3 is 15.8 Å². The molecule has 5 N–H and O–H groups in total. The number of hydrogen-bond acceptors (Lipinski definition) is 3. The molecule has 0 fully saturated rings. The summed E-state index contributed by atoms with van der Waals surface area (Å²) >= 11 is 0. The van der Waals surface area contributed by atoms with Gasteiger partial charge >= 0.3 is 6.09 Å². The third kappa shape index (κ3) is 2.88. The minimum Gasteiger partial charge on any atom is -0.465 e. The Morgan fingerprint density at radius 1 is 1.33 bits per heavy atom. The molecule has 0 bridgehead atoms. The van der Waals surface area contributed by atoms with Crippen molar-refractivity contribution in [1.29, 1.82) is 0 Å². The van der Waals surface area contributed by atoms with Crippen molar-refractivity contribution in [3.63, 3.8) is 0 Å². The van der Waals surface area contributed by atoms with Crippen LogP contribution in [-0.2, 0) is 0 Å². The first kappa shape index (κ1) is 11.7. The average molecular weight is 244 g/mol. The van der Waals surface area contributed by atoms with E-state index in [4.69, 9.17) is 10.8 Å². The maximum absolute atomic E-state index is 10.5. The van der Waals surface area contributed by atoms with Gasteiger partial charge in [-0.25, -0.2) is 9.78 Å². The number of aromatic nitrogens is 2. The second-order valence-electron chi connectivity index (χ2n) is 3.56. The number of benzene rings is 1. The Balaban J connectivity index is 2.15. The van der Waals surface area contributed by atoms with Crippen molar-refractivity contribution in [3.8, 4) is 0 Å². The minimum atomic E-state index is -1.20. The van der Waals surface area contributed by atoms with Crippen molar-refractivity contribution in [2.75, 3.05) is 11.1 Å². The number of amides is 1. The van der Waals surface area contributed by atoms with Crippen molar-refractivity contribution in [3.05, 3.63) is 41.7 Å². The summed E-state index contributed by atoms with van der Waals surface area (Å²) in [4.78, 5) is 17.3. The van der Waals surface area contributed by atoms with E-state index >= 15 is 0 Å². The maximum Gasteiger partial charge on any atom is 0.410 e. The van der Waals surface area contributed by atoms with Crippen LogP contribution in [0.5, 0.6) is 0 Å². The number of nitrogens with zero attached hydrogens (tertiary/aromatic N) is 1. The Hall–Kier alpha value is -2.76. The topological polar surface area (TPSA) is 104 Å². The van der Waals surface area contributed by atoms with E-state index in [-0.39, 0.29) is 11.6 Å². The Bertz CT molecular complexity index is 575. The van der Waals surface area contributed by atoms with Crippen molar-refractivity contribution in [2.45, 2.75) is 0 Å². The molecule has 0 saturated carbocycles. The number of nitrogens with two attached hydrogens (primary N) is 1. The molecule has 18 heavy (non-hydrogen) atoms. The van der Waals surface area contributed by atoms with E-state index in [1.165, 1.54) is 0 Å². The lowest BCUT2D eigenvalue weighted by atomic mass is 10.2. The van der Waals surface area contributed by atoms with Gasteiger partial charge in [-0.15, -0.1) is 0 Å². The third-order valence-electron chi connectivity index (χ3n) is 2.21. The first-order chi connectivity index (χ1) is 8.65. The minimum absolute atomic E-state index is 0.107. The maximum atomic E-state index is 10.5. The van der Waals surface area contributed by atoms with Crippen LogP contribution in [0, 0.1) is 0 Å². The fourth-order valence-corrected chi connectivity index (χ4v) is 1.42. The molecule has 0 spiro atoms. The second-order valence-corrected chi connectivity index (χ2v) is 3.56. The number of carbonyl (C=O) groups is 1. The zero-order chi connectivity index (χ0) is 13.0. The second kappa shape index (κ2) is 5.05. The van der Waals surface area contributed by atoms with Crippen LogP contribution in [0.25, 0.3) is 12.2 Å². The highest BCUT2D eigenvalue weighted by atomic mass is 16.4. The molecule has 0 saturated heterocycles. The molecule has 2 rings (SSSR count). The van der Waals surface area contributed by atoms with Crippen LogP contribution in [0.2, 0.25) is 0 Å². The molecular weight excluding hydrogens is 232 g/mol. The van der Waals surface area contributed by atoms with Crippen LogP contribution in [0.1, 0.15) is 11.4 Å². The highest BCUT2D eigenvalue weighted by molar-refractivity contribution is 5.85. The van der Waals surface area contributed by atoms with E-state index < -0.39 is 6.09 Å². The zero-order valence-electron chi connectivity index (χ0n) is 9.42. The zero-order valence-corrected chi connectivity index (χ0v) is 9.42. The number of aromatic amines is 1. The van der Waals surface area contributed by atoms with Gasteiger partial charge in [-0.1, -0.05) is 36.4 Å². The number of H-pyrrole nitrogens is 1. The van der Waals surface area contributed by atoms with Crippen molar-refractivity contribution in [1.82, 2.24) is 9.97 Å². The van der Waals surface area contributed by atoms with E-state index in [1.807, 2.05) is 36.4 Å². The smallest absolute Gasteiger partial charge is 0.410 e. The first-order valence-corrected chi connectivity index (χ1v) is 5.23. The van der Waals surface area contributed by atoms with Gasteiger partial charge in [-0.3, -0.25) is 5.32 Å². The largest absolute Gasteiger partial charge is 0.465 e. The Morgan fingerprint density at radius 3 is 2.72 bits per heavy atom. The normalized spacial score (nSPS) is 10.7. The van der Waals surface area contributed by atoms with Gasteiger partial charge in [-0.05, 0) is 11.6 Å². The number of anilines is 2. The predicted molar refractivity (Wildman–Crippen MR) is 70.0 cm³/mol. The van der Waals surface area contributed by atoms with Crippen LogP contribution in [-0.4, -0.2) is 21.2 Å². The quantitative estimate of drug-likeness (QED) is 0.664. The van der Waals surface area contributed by atoms with Crippen LogP contribution in [0.4, 0.5) is 16.4 Å². The van der Waals surface area contributed by atoms with Crippen LogP contribution >= 0.6 is 0 Å². The molecule has 0 radical (unpaired) electrons. The highest BCUT2D eigenvalue weighted by Crippen LogP contribution is 2.16. The average Bonchev–Trinajstić information content (AvgIpc) is 2.68. The standard InChI is InChI=1S/C12H12N4O2/c13-10-11(16-12(17)18)15-9(14-10)7-6-8-4-2-1-3-5-8/h1-7,16H,13H2,(H,14,15)(H,17,18). The molecule has 6 heteroatoms. The molecule has 1 amide bonds. The predicted octanol–water partition coefficient (Wildman–Crippen LogP) is 2.25. The highest BCUT2D eigenvalue weighted by Gasteiger charge is 2.07. The summed E-state index contributed by atoms with van der Waals surface area (Å²) in [6, 6.07) is 9.66. The van der Waals surface area contributed by atoms with E-state index in [0.29, 0.717) is 5.82 Å². The van der Waals surface area contributed by atoms with Crippen LogP contribution in [0.15, 0.2) is 30.3 Å². The molecule has 0 aliphatic rings. The molecule has 1 aromatic heterocycles. The van der Waals surface area contributed by atoms with E-state index in [2.05, 4.69) is 15.3 Å². The lowest BCUT2D eigenvalue weighted by Crippen LogP contribution is -2.09. The fourth-order valence-electron chi connectivity index (χ4n) is 1.42. The molecule has 1 aromatic carbocycles. The summed E-state index contributed by atoms with van der Waals surface area (Å²) in [7, 11) is 0. The molecule has 2 aromatic rings. The van der Waals surface area contributed by atoms with Gasteiger partial charge in [0.05, 0.1) is 0 Å². The molecule has 0 atom stereocenters. The number of nitrogen functional groups attached to an aromatic ring is 1. The van der Waals surface area contributed by atoms with Crippen molar-refractivity contribution >= 4 is 29.9 Å². The van der Waals surface area contributed by atoms with Gasteiger partial charge in [-0.2, -0.15) is 0 Å². The van der Waals surface area contributed by atoms with Crippen molar-refractivity contribution < 1.29 is 9.90 Å². The number of rotatable bonds is 3. The van der Waals surface area contributed by atoms with E-state index in [9.17, 15) is 4.79 Å². The molecule has 0 unspecified atom stereocenters. The van der Waals surface area contributed by atoms with Gasteiger partial charge in [0.15, 0.2) is 5.82 Å². The number of nitrogens with one attached hydrogen (secondary N) is 2. The van der Waals surface area contributed by atoms with E-state index in [1.54, 1.807) is 6.08 Å². The molecular formula is C12H12N4O2. The Morgan fingerprint density at radius 2 is 2.06 bits per heavy atom. The Labute approximate surface area is 103 Å². The summed E-state index contributed by atoms with van der Waals surface area (Å²) in [6.07, 6.45) is 2.37. The summed E-state index contributed by atoms with van der Waals surface area (Å²) in [5.41, 5.74) is 6.59. The molecule has 1 heterocycles. The molecule has 92 valence electrons. The summed E-state index contributed by atoms with van der Waals surface area (Å²) < 4.78 is 0. The molecule has 0 aliphatic heterocycles. The van der Waals surface area contributed by atoms with Crippen molar-refractivity contribution in [2.24, 2.45) is 0 Å². The fraction of sp³-hybridized carbons (Fsp3) is 0. The SMILES string of the molecule is Nc1[nH]c(C=Cc2ccccc2)nc1NC(=O)O. The van der Waals surface area contributed by atoms with Crippen LogP contribution in [0.3, 0.4) is 0 Å². The lowest BCUT2D eigenvalue weighted by Gasteiger charge is -1.94. The molecule has 0 aliphatic carbocycles. The third-order valence-corrected chi connectivity index (χ3v) is 2.21. The van der Waals surface area contributed by atoms with E-state index in [0.717, 1.165) is 5.56 Å². The lowest BCUT2D eigenvalue weighted by molar-refractivity contribution is 0.209. The number of imidazole rings is 1.